The zero-order valence-electron chi connectivity index (χ0n) is 41.4. The molecule has 4 aliphatic carbocycles. The Kier molecular flexibility index (Phi) is 15.5. The number of hydrogen-bond donors (Lipinski definition) is 0. The fraction of sp³-hybridized carbons (Fsp3) is 0.297. The highest BCUT2D eigenvalue weighted by Crippen LogP contribution is 2.52. The van der Waals surface area contributed by atoms with Gasteiger partial charge in [0.2, 0.25) is 11.4 Å². The molecular weight excluding hydrogens is 924 g/mol. The maximum absolute atomic E-state index is 13.3. The molecule has 6 nitrogen and oxygen atoms in total. The second-order valence-electron chi connectivity index (χ2n) is 19.8. The van der Waals surface area contributed by atoms with E-state index in [1.165, 1.54) is 49.9 Å². The number of nitrogens with zero attached hydrogens (tertiary/aromatic N) is 4. The van der Waals surface area contributed by atoms with Gasteiger partial charge in [0, 0.05) is 92.4 Å². The van der Waals surface area contributed by atoms with Crippen LogP contribution in [-0.2, 0) is 9.53 Å². The van der Waals surface area contributed by atoms with Crippen LogP contribution in [-0.4, -0.2) is 40.5 Å². The third kappa shape index (κ3) is 10.4. The first-order valence-corrected chi connectivity index (χ1v) is 27.4. The number of anilines is 4. The summed E-state index contributed by atoms with van der Waals surface area (Å²) in [6, 6.07) is 52.3. The molecule has 0 spiro atoms. The van der Waals surface area contributed by atoms with E-state index in [9.17, 15) is 10.1 Å². The van der Waals surface area contributed by atoms with E-state index in [0.717, 1.165) is 99.7 Å². The van der Waals surface area contributed by atoms with Gasteiger partial charge in [0.15, 0.2) is 6.04 Å². The van der Waals surface area contributed by atoms with Gasteiger partial charge in [0.05, 0.1) is 11.6 Å². The van der Waals surface area contributed by atoms with E-state index >= 15 is 0 Å². The average Bonchev–Trinajstić information content (AvgIpc) is 3.79. The molecule has 10 rings (SSSR count). The third-order valence-corrected chi connectivity index (χ3v) is 16.6. The van der Waals surface area contributed by atoms with Crippen LogP contribution >= 0.6 is 22.9 Å². The van der Waals surface area contributed by atoms with Crippen LogP contribution in [0, 0.1) is 11.3 Å². The number of rotatable bonds is 13. The van der Waals surface area contributed by atoms with Gasteiger partial charge in [0.1, 0.15) is 17.2 Å². The highest BCUT2D eigenvalue weighted by molar-refractivity contribution is 7.18. The van der Waals surface area contributed by atoms with Crippen LogP contribution in [0.15, 0.2) is 182 Å². The van der Waals surface area contributed by atoms with E-state index in [4.69, 9.17) is 16.3 Å². The number of hydrogen-bond acceptors (Lipinski definition) is 6. The number of ether oxygens (including phenoxy) is 1. The Labute approximate surface area is 435 Å². The van der Waals surface area contributed by atoms with Crippen molar-refractivity contribution in [3.8, 4) is 17.2 Å². The molecule has 1 heterocycles. The lowest BCUT2D eigenvalue weighted by molar-refractivity contribution is -0.488. The number of allylic oxidation sites excluding steroid dienone is 5. The largest absolute Gasteiger partial charge is 0.457 e. The first-order chi connectivity index (χ1) is 35.4. The van der Waals surface area contributed by atoms with Gasteiger partial charge in [-0.05, 0) is 118 Å². The quantitative estimate of drug-likeness (QED) is 0.0655. The van der Waals surface area contributed by atoms with Gasteiger partial charge in [-0.2, -0.15) is 9.84 Å². The van der Waals surface area contributed by atoms with Crippen LogP contribution in [0.4, 0.5) is 27.8 Å². The number of esters is 1. The first kappa shape index (κ1) is 48.9. The summed E-state index contributed by atoms with van der Waals surface area (Å²) in [5.74, 6) is -0.393. The molecule has 1 aromatic heterocycles. The molecule has 364 valence electrons. The number of carbonyl (C=O) groups excluding carboxylic acids is 1. The van der Waals surface area contributed by atoms with E-state index < -0.39 is 12.1 Å². The number of benzene rings is 5. The second kappa shape index (κ2) is 22.8. The lowest BCUT2D eigenvalue weighted by Crippen LogP contribution is -2.45. The van der Waals surface area contributed by atoms with Gasteiger partial charge >= 0.3 is 5.97 Å². The van der Waals surface area contributed by atoms with E-state index in [1.807, 2.05) is 42.5 Å². The minimum atomic E-state index is -0.416. The topological polar surface area (TPSA) is 59.6 Å². The molecule has 4 aliphatic rings. The minimum absolute atomic E-state index is 0.239. The van der Waals surface area contributed by atoms with Crippen molar-refractivity contribution in [3.05, 3.63) is 203 Å². The van der Waals surface area contributed by atoms with E-state index in [0.29, 0.717) is 34.7 Å². The summed E-state index contributed by atoms with van der Waals surface area (Å²) in [5, 5.41) is 13.1. The molecule has 2 unspecified atom stereocenters. The van der Waals surface area contributed by atoms with Gasteiger partial charge in [-0.1, -0.05) is 135 Å². The van der Waals surface area contributed by atoms with Crippen molar-refractivity contribution < 1.29 is 14.1 Å². The molecule has 0 amide bonds. The third-order valence-electron chi connectivity index (χ3n) is 15.0. The van der Waals surface area contributed by atoms with Crippen LogP contribution in [0.1, 0.15) is 113 Å². The number of halogens is 1. The summed E-state index contributed by atoms with van der Waals surface area (Å²) in [4.78, 5) is 19.1. The van der Waals surface area contributed by atoms with Crippen LogP contribution in [0.3, 0.4) is 0 Å². The first-order valence-electron chi connectivity index (χ1n) is 26.2. The fourth-order valence-corrected chi connectivity index (χ4v) is 13.3. The lowest BCUT2D eigenvalue weighted by Gasteiger charge is -2.40. The number of nitriles is 1. The summed E-state index contributed by atoms with van der Waals surface area (Å²) >= 11 is 8.92. The summed E-state index contributed by atoms with van der Waals surface area (Å²) in [6.07, 6.45) is 24.2. The highest BCUT2D eigenvalue weighted by Gasteiger charge is 2.39. The van der Waals surface area contributed by atoms with Crippen LogP contribution < -0.4 is 9.80 Å². The minimum Gasteiger partial charge on any atom is -0.457 e. The Bertz CT molecular complexity index is 3030. The molecule has 0 bridgehead atoms. The predicted octanol–water partition coefficient (Wildman–Crippen LogP) is 17.0. The zero-order chi connectivity index (χ0) is 49.4. The molecule has 3 fully saturated rings. The van der Waals surface area contributed by atoms with Gasteiger partial charge < -0.3 is 14.5 Å². The summed E-state index contributed by atoms with van der Waals surface area (Å²) in [5.41, 5.74) is 11.3. The maximum Gasteiger partial charge on any atom is 0.333 e. The molecule has 0 aliphatic heterocycles. The van der Waals surface area contributed by atoms with E-state index in [1.54, 1.807) is 18.3 Å². The fourth-order valence-electron chi connectivity index (χ4n) is 11.6. The molecule has 72 heavy (non-hydrogen) atoms. The van der Waals surface area contributed by atoms with E-state index in [2.05, 4.69) is 148 Å². The Morgan fingerprint density at radius 1 is 0.667 bits per heavy atom. The number of para-hydroxylation sites is 3. The van der Waals surface area contributed by atoms with Crippen LogP contribution in [0.5, 0.6) is 0 Å². The SMILES string of the molecule is C=C(C)C(=O)OC1CCCCC1N(c1ccccc1)c1sc(C(=C2C=CC(=[N+](c3ccccc3)C3CCCCC3)C=C2)c2ccc(N(c3ccccc3)C3CCCCC3)cc2)c(-c2ccccc2Cl)c1C#N. The number of thiophene rings is 1. The Balaban J connectivity index is 1.21. The van der Waals surface area contributed by atoms with Gasteiger partial charge in [-0.25, -0.2) is 4.79 Å². The second-order valence-corrected chi connectivity index (χ2v) is 21.2. The predicted molar refractivity (Wildman–Crippen MR) is 299 cm³/mol. The van der Waals surface area contributed by atoms with Crippen molar-refractivity contribution in [2.24, 2.45) is 0 Å². The Morgan fingerprint density at radius 2 is 1.22 bits per heavy atom. The van der Waals surface area contributed by atoms with E-state index in [-0.39, 0.29) is 6.04 Å². The maximum atomic E-state index is 13.3. The molecule has 0 saturated heterocycles. The molecule has 5 aromatic carbocycles. The normalized spacial score (nSPS) is 18.3. The van der Waals surface area contributed by atoms with Crippen molar-refractivity contribution >= 4 is 67.9 Å². The molecule has 8 heteroatoms. The monoisotopic (exact) mass is 987 g/mol. The standard InChI is InChI=1S/C64H64ClN4O2S/c1-45(2)64(70)71-59-35-21-20-34-58(59)69(52-30-16-7-17-31-52)63-56(44-66)61(55-32-18-19-33-57(55)65)62(72-63)60(46-36-40-53(41-37-46)67(48-22-8-3-9-23-48)49-24-10-4-11-25-49)47-38-42-54(43-39-47)68(50-26-12-5-13-27-50)51-28-14-6-15-29-51/h3,5,7-9,12-13,16-19,22-23,26-27,30-33,36-43,49,51,58-59H,1,4,6,10-11,14-15,20-21,24-25,28-29,34-35H2,2H3/q+1. The Hall–Kier alpha value is -6.72. The molecule has 3 saturated carbocycles. The van der Waals surface area contributed by atoms with Crippen LogP contribution in [0.2, 0.25) is 5.02 Å². The molecule has 0 radical (unpaired) electrons. The van der Waals surface area contributed by atoms with Crippen molar-refractivity contribution in [2.75, 3.05) is 9.80 Å². The Morgan fingerprint density at radius 3 is 1.85 bits per heavy atom. The number of carbonyl (C=O) groups is 1. The summed E-state index contributed by atoms with van der Waals surface area (Å²) < 4.78 is 8.86. The van der Waals surface area contributed by atoms with Gasteiger partial charge in [0.25, 0.3) is 0 Å². The summed E-state index contributed by atoms with van der Waals surface area (Å²) in [7, 11) is 0. The van der Waals surface area contributed by atoms with Crippen LogP contribution in [0.25, 0.3) is 16.7 Å². The van der Waals surface area contributed by atoms with Crippen molar-refractivity contribution in [2.45, 2.75) is 121 Å². The molecule has 0 N–H and O–H groups in total. The molecular formula is C64H64ClN4O2S+. The molecule has 6 aromatic rings. The molecule has 2 atom stereocenters. The van der Waals surface area contributed by atoms with Gasteiger partial charge in [-0.15, -0.1) is 11.3 Å². The lowest BCUT2D eigenvalue weighted by atomic mass is 9.89. The van der Waals surface area contributed by atoms with Crippen molar-refractivity contribution in [3.63, 3.8) is 0 Å². The van der Waals surface area contributed by atoms with Gasteiger partial charge in [-0.3, -0.25) is 0 Å². The van der Waals surface area contributed by atoms with Crippen molar-refractivity contribution in [1.29, 1.82) is 5.26 Å². The zero-order valence-corrected chi connectivity index (χ0v) is 43.0. The summed E-state index contributed by atoms with van der Waals surface area (Å²) in [6.45, 7) is 5.63. The van der Waals surface area contributed by atoms with Crippen molar-refractivity contribution in [1.82, 2.24) is 0 Å². The highest BCUT2D eigenvalue weighted by atomic mass is 35.5. The smallest absolute Gasteiger partial charge is 0.333 e. The average molecular weight is 989 g/mol.